The van der Waals surface area contributed by atoms with Crippen LogP contribution in [0.1, 0.15) is 47.5 Å². The number of nitrogens with one attached hydrogen (secondary N) is 3. The number of carbonyl (C=O) groups is 2. The zero-order chi connectivity index (χ0) is 20.1. The van der Waals surface area contributed by atoms with Crippen LogP contribution in [0.25, 0.3) is 0 Å². The van der Waals surface area contributed by atoms with Crippen LogP contribution < -0.4 is 16.0 Å². The van der Waals surface area contributed by atoms with Gasteiger partial charge in [-0.1, -0.05) is 26.0 Å². The normalized spacial score (nSPS) is 15.8. The molecule has 1 aromatic carbocycles. The molecule has 2 aromatic rings. The molecular formula is C21H26FN3O2S. The Bertz CT molecular complexity index is 865. The van der Waals surface area contributed by atoms with Crippen LogP contribution in [0.3, 0.4) is 0 Å². The van der Waals surface area contributed by atoms with Crippen LogP contribution in [0.15, 0.2) is 24.3 Å². The van der Waals surface area contributed by atoms with E-state index in [9.17, 15) is 14.0 Å². The number of amides is 2. The monoisotopic (exact) mass is 403 g/mol. The maximum Gasteiger partial charge on any atom is 0.259 e. The summed E-state index contributed by atoms with van der Waals surface area (Å²) < 4.78 is 14.0. The van der Waals surface area contributed by atoms with Gasteiger partial charge in [0.1, 0.15) is 10.8 Å². The van der Waals surface area contributed by atoms with Crippen LogP contribution in [0.2, 0.25) is 0 Å². The first-order valence-corrected chi connectivity index (χ1v) is 10.5. The fourth-order valence-corrected chi connectivity index (χ4v) is 4.80. The maximum atomic E-state index is 14.0. The molecule has 1 aliphatic rings. The van der Waals surface area contributed by atoms with Gasteiger partial charge in [-0.3, -0.25) is 9.59 Å². The molecule has 1 atom stereocenters. The van der Waals surface area contributed by atoms with E-state index in [1.165, 1.54) is 23.5 Å². The minimum Gasteiger partial charge on any atom is -0.319 e. The highest BCUT2D eigenvalue weighted by Gasteiger charge is 2.28. The second-order valence-electron chi connectivity index (χ2n) is 7.21. The fraction of sp³-hybridized carbons (Fsp3) is 0.429. The summed E-state index contributed by atoms with van der Waals surface area (Å²) in [6, 6.07) is 6.09. The molecule has 0 bridgehead atoms. The van der Waals surface area contributed by atoms with Gasteiger partial charge in [-0.25, -0.2) is 4.39 Å². The fourth-order valence-electron chi connectivity index (χ4n) is 3.38. The molecule has 5 nitrogen and oxygen atoms in total. The predicted molar refractivity (Wildman–Crippen MR) is 112 cm³/mol. The smallest absolute Gasteiger partial charge is 0.259 e. The van der Waals surface area contributed by atoms with E-state index in [0.29, 0.717) is 16.5 Å². The van der Waals surface area contributed by atoms with Gasteiger partial charge in [-0.05, 0) is 55.8 Å². The Labute approximate surface area is 168 Å². The summed E-state index contributed by atoms with van der Waals surface area (Å²) >= 11 is 1.46. The van der Waals surface area contributed by atoms with Crippen molar-refractivity contribution in [1.82, 2.24) is 5.32 Å². The van der Waals surface area contributed by atoms with E-state index in [2.05, 4.69) is 22.9 Å². The van der Waals surface area contributed by atoms with E-state index in [1.54, 1.807) is 12.1 Å². The number of fused-ring (bicyclic) bond motifs is 1. The van der Waals surface area contributed by atoms with E-state index >= 15 is 0 Å². The molecule has 0 saturated carbocycles. The lowest BCUT2D eigenvalue weighted by molar-refractivity contribution is -0.115. The van der Waals surface area contributed by atoms with Crippen LogP contribution in [-0.4, -0.2) is 24.9 Å². The third-order valence-corrected chi connectivity index (χ3v) is 6.00. The quantitative estimate of drug-likeness (QED) is 0.607. The molecule has 28 heavy (non-hydrogen) atoms. The van der Waals surface area contributed by atoms with Gasteiger partial charge in [-0.2, -0.15) is 0 Å². The minimum atomic E-state index is -0.483. The highest BCUT2D eigenvalue weighted by Crippen LogP contribution is 2.40. The summed E-state index contributed by atoms with van der Waals surface area (Å²) in [7, 11) is 0. The number of carbonyl (C=O) groups excluding carboxylic acids is 2. The molecule has 1 heterocycles. The van der Waals surface area contributed by atoms with Crippen molar-refractivity contribution in [3.8, 4) is 0 Å². The van der Waals surface area contributed by atoms with Crippen molar-refractivity contribution in [2.75, 3.05) is 23.7 Å². The van der Waals surface area contributed by atoms with Crippen LogP contribution >= 0.6 is 11.3 Å². The SMILES string of the molecule is CCCNCC(=O)Nc1sc2c(c1C(=O)Nc1ccccc1F)CC[C@H](C)C2. The summed E-state index contributed by atoms with van der Waals surface area (Å²) in [5.41, 5.74) is 1.59. The third kappa shape index (κ3) is 4.77. The Balaban J connectivity index is 1.86. The summed E-state index contributed by atoms with van der Waals surface area (Å²) in [4.78, 5) is 26.4. The van der Waals surface area contributed by atoms with E-state index in [4.69, 9.17) is 0 Å². The van der Waals surface area contributed by atoms with Crippen LogP contribution in [0.5, 0.6) is 0 Å². The van der Waals surface area contributed by atoms with Crippen LogP contribution in [-0.2, 0) is 17.6 Å². The molecular weight excluding hydrogens is 377 g/mol. The Morgan fingerprint density at radius 1 is 1.25 bits per heavy atom. The van der Waals surface area contributed by atoms with E-state index in [-0.39, 0.29) is 24.0 Å². The zero-order valence-corrected chi connectivity index (χ0v) is 17.0. The number of hydrogen-bond donors (Lipinski definition) is 3. The maximum absolute atomic E-state index is 14.0. The predicted octanol–water partition coefficient (Wildman–Crippen LogP) is 4.20. The molecule has 2 amide bonds. The van der Waals surface area contributed by atoms with Crippen LogP contribution in [0, 0.1) is 11.7 Å². The molecule has 0 fully saturated rings. The van der Waals surface area contributed by atoms with Crippen LogP contribution in [0.4, 0.5) is 15.1 Å². The van der Waals surface area contributed by atoms with Crippen molar-refractivity contribution in [2.24, 2.45) is 5.92 Å². The largest absolute Gasteiger partial charge is 0.319 e. The molecule has 0 aliphatic heterocycles. The van der Waals surface area contributed by atoms with Gasteiger partial charge in [0, 0.05) is 4.88 Å². The average molecular weight is 404 g/mol. The second-order valence-corrected chi connectivity index (χ2v) is 8.32. The highest BCUT2D eigenvalue weighted by molar-refractivity contribution is 7.17. The minimum absolute atomic E-state index is 0.138. The van der Waals surface area contributed by atoms with E-state index < -0.39 is 5.82 Å². The molecule has 3 rings (SSSR count). The number of para-hydroxylation sites is 1. The van der Waals surface area contributed by atoms with Crippen molar-refractivity contribution in [2.45, 2.75) is 39.5 Å². The number of benzene rings is 1. The Morgan fingerprint density at radius 2 is 2.04 bits per heavy atom. The lowest BCUT2D eigenvalue weighted by atomic mass is 9.88. The van der Waals surface area contributed by atoms with E-state index in [0.717, 1.165) is 42.7 Å². The van der Waals surface area contributed by atoms with Crippen molar-refractivity contribution in [3.05, 3.63) is 46.1 Å². The molecule has 1 aliphatic carbocycles. The van der Waals surface area contributed by atoms with Gasteiger partial charge in [-0.15, -0.1) is 11.3 Å². The lowest BCUT2D eigenvalue weighted by Gasteiger charge is -2.18. The first-order chi connectivity index (χ1) is 13.5. The molecule has 0 radical (unpaired) electrons. The average Bonchev–Trinajstić information content (AvgIpc) is 3.00. The standard InChI is InChI=1S/C21H26FN3O2S/c1-3-10-23-12-18(26)25-21-19(14-9-8-13(2)11-17(14)28-21)20(27)24-16-7-5-4-6-15(16)22/h4-7,13,23H,3,8-12H2,1-2H3,(H,24,27)(H,25,26)/t13-/m0/s1. The topological polar surface area (TPSA) is 70.2 Å². The van der Waals surface area contributed by atoms with Crippen molar-refractivity contribution in [3.63, 3.8) is 0 Å². The lowest BCUT2D eigenvalue weighted by Crippen LogP contribution is -2.29. The number of hydrogen-bond acceptors (Lipinski definition) is 4. The molecule has 0 unspecified atom stereocenters. The molecule has 0 saturated heterocycles. The Hall–Kier alpha value is -2.25. The summed E-state index contributed by atoms with van der Waals surface area (Å²) in [6.45, 7) is 5.17. The first kappa shape index (κ1) is 20.5. The molecule has 150 valence electrons. The Morgan fingerprint density at radius 3 is 2.79 bits per heavy atom. The first-order valence-electron chi connectivity index (χ1n) is 9.70. The molecule has 3 N–H and O–H groups in total. The third-order valence-electron chi connectivity index (χ3n) is 4.83. The number of halogens is 1. The molecule has 0 spiro atoms. The van der Waals surface area contributed by atoms with Gasteiger partial charge in [0.25, 0.3) is 5.91 Å². The summed E-state index contributed by atoms with van der Waals surface area (Å²) in [6.07, 6.45) is 3.62. The molecule has 1 aromatic heterocycles. The van der Waals surface area contributed by atoms with Gasteiger partial charge < -0.3 is 16.0 Å². The number of anilines is 2. The molecule has 7 heteroatoms. The van der Waals surface area contributed by atoms with Gasteiger partial charge in [0.05, 0.1) is 17.8 Å². The summed E-state index contributed by atoms with van der Waals surface area (Å²) in [5, 5.41) is 9.17. The van der Waals surface area contributed by atoms with Gasteiger partial charge in [0.15, 0.2) is 0 Å². The van der Waals surface area contributed by atoms with Crippen molar-refractivity contribution >= 4 is 33.8 Å². The van der Waals surface area contributed by atoms with Gasteiger partial charge in [0.2, 0.25) is 5.91 Å². The Kier molecular flexibility index (Phi) is 6.80. The highest BCUT2D eigenvalue weighted by atomic mass is 32.1. The van der Waals surface area contributed by atoms with E-state index in [1.807, 2.05) is 6.92 Å². The van der Waals surface area contributed by atoms with Crippen molar-refractivity contribution in [1.29, 1.82) is 0 Å². The summed E-state index contributed by atoms with van der Waals surface area (Å²) in [5.74, 6) is -0.500. The zero-order valence-electron chi connectivity index (χ0n) is 16.2. The number of thiophene rings is 1. The second kappa shape index (κ2) is 9.30. The number of rotatable bonds is 7. The van der Waals surface area contributed by atoms with Crippen molar-refractivity contribution < 1.29 is 14.0 Å². The van der Waals surface area contributed by atoms with Gasteiger partial charge >= 0.3 is 0 Å².